The maximum Gasteiger partial charge on any atom is 0.349 e. The van der Waals surface area contributed by atoms with Gasteiger partial charge in [-0.05, 0) is 31.0 Å². The molecular formula is C12H19NO5S3. The smallest absolute Gasteiger partial charge is 0.349 e. The number of hydrogen-bond acceptors (Lipinski definition) is 7. The molecule has 2 N–H and O–H groups in total. The normalized spacial score (nSPS) is 14.7. The van der Waals surface area contributed by atoms with Gasteiger partial charge in [-0.2, -0.15) is 11.8 Å². The first-order valence-electron chi connectivity index (χ1n) is 6.10. The Morgan fingerprint density at radius 3 is 2.67 bits per heavy atom. The predicted octanol–water partition coefficient (Wildman–Crippen LogP) is 1.23. The highest BCUT2D eigenvalue weighted by Crippen LogP contribution is 2.28. The van der Waals surface area contributed by atoms with Crippen LogP contribution < -0.4 is 4.72 Å². The highest BCUT2D eigenvalue weighted by molar-refractivity contribution is 7.99. The molecular weight excluding hydrogens is 334 g/mol. The zero-order chi connectivity index (χ0) is 16.2. The van der Waals surface area contributed by atoms with Gasteiger partial charge in [0.05, 0.1) is 13.7 Å². The number of carbonyl (C=O) groups is 1. The Kier molecular flexibility index (Phi) is 6.67. The highest BCUT2D eigenvalue weighted by Gasteiger charge is 2.30. The number of aliphatic hydroxyl groups is 1. The van der Waals surface area contributed by atoms with E-state index in [4.69, 9.17) is 0 Å². The van der Waals surface area contributed by atoms with Crippen molar-refractivity contribution in [3.05, 3.63) is 15.8 Å². The Balaban J connectivity index is 3.14. The molecule has 6 nitrogen and oxygen atoms in total. The molecule has 9 heteroatoms. The lowest BCUT2D eigenvalue weighted by molar-refractivity contribution is 0.0602. The quantitative estimate of drug-likeness (QED) is 0.716. The molecule has 120 valence electrons. The van der Waals surface area contributed by atoms with Crippen LogP contribution in [0.5, 0.6) is 0 Å². The largest absolute Gasteiger partial charge is 0.465 e. The summed E-state index contributed by atoms with van der Waals surface area (Å²) < 4.78 is 32.1. The van der Waals surface area contributed by atoms with Crippen LogP contribution in [0.1, 0.15) is 22.2 Å². The van der Waals surface area contributed by atoms with E-state index in [9.17, 15) is 18.3 Å². The Morgan fingerprint density at radius 1 is 1.57 bits per heavy atom. The number of thioether (sulfide) groups is 1. The van der Waals surface area contributed by atoms with Crippen molar-refractivity contribution in [2.24, 2.45) is 0 Å². The van der Waals surface area contributed by atoms with Gasteiger partial charge in [0.2, 0.25) is 10.0 Å². The molecule has 0 aliphatic heterocycles. The number of esters is 1. The fraction of sp³-hybridized carbons (Fsp3) is 0.583. The van der Waals surface area contributed by atoms with Crippen LogP contribution in [0.4, 0.5) is 0 Å². The Labute approximate surface area is 132 Å². The zero-order valence-electron chi connectivity index (χ0n) is 12.2. The zero-order valence-corrected chi connectivity index (χ0v) is 14.7. The van der Waals surface area contributed by atoms with Crippen LogP contribution in [0.15, 0.2) is 10.3 Å². The second-order valence-corrected chi connectivity index (χ2v) is 8.04. The number of hydrogen-bond donors (Lipinski definition) is 2. The van der Waals surface area contributed by atoms with Gasteiger partial charge in [-0.25, -0.2) is 17.9 Å². The molecule has 1 heterocycles. The van der Waals surface area contributed by atoms with E-state index >= 15 is 0 Å². The van der Waals surface area contributed by atoms with E-state index in [1.807, 2.05) is 0 Å². The molecule has 0 saturated heterocycles. The Bertz CT molecular complexity index is 592. The van der Waals surface area contributed by atoms with Gasteiger partial charge in [0.1, 0.15) is 9.77 Å². The minimum absolute atomic E-state index is 0.0519. The average molecular weight is 353 g/mol. The van der Waals surface area contributed by atoms with Crippen molar-refractivity contribution in [3.8, 4) is 0 Å². The van der Waals surface area contributed by atoms with Gasteiger partial charge >= 0.3 is 5.97 Å². The van der Waals surface area contributed by atoms with Gasteiger partial charge in [0.25, 0.3) is 0 Å². The second-order valence-electron chi connectivity index (χ2n) is 4.44. The van der Waals surface area contributed by atoms with Gasteiger partial charge in [0, 0.05) is 11.3 Å². The summed E-state index contributed by atoms with van der Waals surface area (Å²) in [6.07, 6.45) is 1.79. The van der Waals surface area contributed by atoms with E-state index in [-0.39, 0.29) is 21.6 Å². The van der Waals surface area contributed by atoms with Crippen LogP contribution in [0.25, 0.3) is 0 Å². The van der Waals surface area contributed by atoms with Crippen LogP contribution in [0.3, 0.4) is 0 Å². The molecule has 0 fully saturated rings. The summed E-state index contributed by atoms with van der Waals surface area (Å²) in [5.74, 6) is -0.676. The number of ether oxygens (including phenoxy) is 1. The van der Waals surface area contributed by atoms with E-state index in [1.54, 1.807) is 25.5 Å². The summed E-state index contributed by atoms with van der Waals surface area (Å²) in [6.45, 7) is 3.16. The number of thiophene rings is 1. The van der Waals surface area contributed by atoms with Crippen LogP contribution in [-0.4, -0.2) is 50.8 Å². The molecule has 0 bridgehead atoms. The molecule has 0 aromatic carbocycles. The molecule has 1 aromatic rings. The van der Waals surface area contributed by atoms with Gasteiger partial charge in [0.15, 0.2) is 0 Å². The van der Waals surface area contributed by atoms with Crippen molar-refractivity contribution >= 4 is 39.1 Å². The van der Waals surface area contributed by atoms with E-state index < -0.39 is 22.0 Å². The second kappa shape index (κ2) is 7.59. The topological polar surface area (TPSA) is 92.7 Å². The highest BCUT2D eigenvalue weighted by atomic mass is 32.2. The molecule has 0 spiro atoms. The van der Waals surface area contributed by atoms with Gasteiger partial charge in [-0.1, -0.05) is 0 Å². The molecule has 21 heavy (non-hydrogen) atoms. The van der Waals surface area contributed by atoms with Gasteiger partial charge < -0.3 is 9.84 Å². The Morgan fingerprint density at radius 2 is 2.19 bits per heavy atom. The maximum atomic E-state index is 12.5. The maximum absolute atomic E-state index is 12.5. The molecule has 0 aliphatic carbocycles. The first-order valence-corrected chi connectivity index (χ1v) is 9.76. The number of aliphatic hydroxyl groups excluding tert-OH is 1. The first-order chi connectivity index (χ1) is 9.78. The van der Waals surface area contributed by atoms with Crippen molar-refractivity contribution < 1.29 is 23.1 Å². The van der Waals surface area contributed by atoms with E-state index in [1.165, 1.54) is 18.9 Å². The number of methoxy groups -OCH3 is 1. The van der Waals surface area contributed by atoms with E-state index in [0.29, 0.717) is 5.56 Å². The fourth-order valence-corrected chi connectivity index (χ4v) is 5.52. The van der Waals surface area contributed by atoms with Crippen LogP contribution in [-0.2, 0) is 14.8 Å². The number of rotatable bonds is 7. The fourth-order valence-electron chi connectivity index (χ4n) is 1.82. The summed E-state index contributed by atoms with van der Waals surface area (Å²) in [7, 11) is -2.65. The molecule has 1 aromatic heterocycles. The summed E-state index contributed by atoms with van der Waals surface area (Å²) >= 11 is 2.40. The van der Waals surface area contributed by atoms with E-state index in [2.05, 4.69) is 9.46 Å². The van der Waals surface area contributed by atoms with Gasteiger partial charge in [-0.15, -0.1) is 11.3 Å². The first kappa shape index (κ1) is 18.4. The minimum Gasteiger partial charge on any atom is -0.465 e. The molecule has 2 unspecified atom stereocenters. The molecule has 0 aliphatic rings. The van der Waals surface area contributed by atoms with Crippen molar-refractivity contribution in [3.63, 3.8) is 0 Å². The molecule has 0 radical (unpaired) electrons. The minimum atomic E-state index is -3.86. The number of nitrogens with one attached hydrogen (secondary N) is 1. The van der Waals surface area contributed by atoms with Crippen molar-refractivity contribution in [1.82, 2.24) is 4.72 Å². The van der Waals surface area contributed by atoms with Crippen LogP contribution >= 0.6 is 23.1 Å². The molecule has 0 saturated carbocycles. The van der Waals surface area contributed by atoms with Crippen molar-refractivity contribution in [2.45, 2.75) is 30.0 Å². The SMILES string of the molecule is COC(=O)c1scc(C)c1S(=O)(=O)NC(C)C(CO)SC. The summed E-state index contributed by atoms with van der Waals surface area (Å²) in [5.41, 5.74) is 0.491. The van der Waals surface area contributed by atoms with Crippen molar-refractivity contribution in [2.75, 3.05) is 20.0 Å². The standard InChI is InChI=1S/C12H19NO5S3/c1-7-6-20-10(12(15)18-3)11(7)21(16,17)13-8(2)9(5-14)19-4/h6,8-9,13-14H,5H2,1-4H3. The number of carbonyl (C=O) groups excluding carboxylic acids is 1. The summed E-state index contributed by atoms with van der Waals surface area (Å²) in [5, 5.41) is 10.6. The van der Waals surface area contributed by atoms with Crippen LogP contribution in [0.2, 0.25) is 0 Å². The van der Waals surface area contributed by atoms with Crippen molar-refractivity contribution in [1.29, 1.82) is 0 Å². The van der Waals surface area contributed by atoms with Gasteiger partial charge in [-0.3, -0.25) is 0 Å². The lowest BCUT2D eigenvalue weighted by Crippen LogP contribution is -2.41. The number of aryl methyl sites for hydroxylation is 1. The van der Waals surface area contributed by atoms with E-state index in [0.717, 1.165) is 11.3 Å². The lowest BCUT2D eigenvalue weighted by atomic mass is 10.3. The third-order valence-electron chi connectivity index (χ3n) is 2.94. The lowest BCUT2D eigenvalue weighted by Gasteiger charge is -2.21. The predicted molar refractivity (Wildman–Crippen MR) is 84.6 cm³/mol. The summed E-state index contributed by atoms with van der Waals surface area (Å²) in [4.78, 5) is 11.7. The summed E-state index contributed by atoms with van der Waals surface area (Å²) in [6, 6.07) is -0.472. The van der Waals surface area contributed by atoms with Crippen LogP contribution in [0, 0.1) is 6.92 Å². The molecule has 0 amide bonds. The molecule has 1 rings (SSSR count). The third-order valence-corrected chi connectivity index (χ3v) is 7.05. The number of sulfonamides is 1. The average Bonchev–Trinajstić information content (AvgIpc) is 2.81. The monoisotopic (exact) mass is 353 g/mol. The molecule has 2 atom stereocenters. The Hall–Kier alpha value is -0.610. The third kappa shape index (κ3) is 4.19.